The molecule has 5 nitrogen and oxygen atoms in total. The molecule has 0 saturated carbocycles. The smallest absolute Gasteiger partial charge is 0.218 e. The van der Waals surface area contributed by atoms with Crippen molar-refractivity contribution in [2.24, 2.45) is 0 Å². The maximum atomic E-state index is 11.4. The molecule has 1 heterocycles. The predicted molar refractivity (Wildman–Crippen MR) is 81.3 cm³/mol. The number of benzene rings is 1. The van der Waals surface area contributed by atoms with E-state index in [2.05, 4.69) is 15.9 Å². The maximum absolute atomic E-state index is 11.4. The Hall–Kier alpha value is -1.95. The van der Waals surface area contributed by atoms with Crippen LogP contribution in [0.1, 0.15) is 0 Å². The second-order valence-electron chi connectivity index (χ2n) is 4.15. The van der Waals surface area contributed by atoms with Crippen molar-refractivity contribution >= 4 is 21.6 Å². The van der Waals surface area contributed by atoms with Crippen molar-refractivity contribution in [3.05, 3.63) is 51.4 Å². The van der Waals surface area contributed by atoms with E-state index in [1.807, 2.05) is 28.8 Å². The number of hydrogen-bond acceptors (Lipinski definition) is 4. The van der Waals surface area contributed by atoms with Crippen LogP contribution in [0.5, 0.6) is 11.5 Å². The van der Waals surface area contributed by atoms with E-state index in [9.17, 15) is 4.79 Å². The number of nitrogen functional groups attached to an aromatic ring is 1. The molecule has 1 aromatic carbocycles. The van der Waals surface area contributed by atoms with Crippen molar-refractivity contribution in [3.8, 4) is 11.5 Å². The van der Waals surface area contributed by atoms with Gasteiger partial charge in [0.2, 0.25) is 5.43 Å². The lowest BCUT2D eigenvalue weighted by Crippen LogP contribution is -2.15. The second kappa shape index (κ2) is 6.47. The van der Waals surface area contributed by atoms with Gasteiger partial charge >= 0.3 is 0 Å². The molecule has 106 valence electrons. The molecule has 0 unspecified atom stereocenters. The lowest BCUT2D eigenvalue weighted by molar-refractivity contribution is 0.297. The van der Waals surface area contributed by atoms with Crippen LogP contribution < -0.4 is 20.6 Å². The van der Waals surface area contributed by atoms with Crippen molar-refractivity contribution in [3.63, 3.8) is 0 Å². The number of halogens is 1. The lowest BCUT2D eigenvalue weighted by Gasteiger charge is -2.10. The molecule has 2 rings (SSSR count). The zero-order valence-corrected chi connectivity index (χ0v) is 12.6. The third-order valence-corrected chi connectivity index (χ3v) is 3.31. The second-order valence-corrected chi connectivity index (χ2v) is 5.01. The highest BCUT2D eigenvalue weighted by atomic mass is 79.9. The minimum absolute atomic E-state index is 0.197. The van der Waals surface area contributed by atoms with Crippen molar-refractivity contribution in [2.75, 3.05) is 19.5 Å². The Balaban J connectivity index is 1.94. The molecule has 0 atom stereocenters. The Bertz CT molecular complexity index is 612. The fourth-order valence-electron chi connectivity index (χ4n) is 1.69. The van der Waals surface area contributed by atoms with Gasteiger partial charge in [-0.15, -0.1) is 0 Å². The van der Waals surface area contributed by atoms with Gasteiger partial charge in [-0.05, 0) is 40.2 Å². The molecule has 0 fully saturated rings. The zero-order valence-electron chi connectivity index (χ0n) is 11.0. The van der Waals surface area contributed by atoms with Gasteiger partial charge in [0.25, 0.3) is 0 Å². The van der Waals surface area contributed by atoms with Crippen LogP contribution >= 0.6 is 15.9 Å². The van der Waals surface area contributed by atoms with Gasteiger partial charge in [0, 0.05) is 12.4 Å². The molecule has 0 radical (unpaired) electrons. The lowest BCUT2D eigenvalue weighted by atomic mass is 10.3. The van der Waals surface area contributed by atoms with E-state index in [1.54, 1.807) is 19.5 Å². The van der Waals surface area contributed by atoms with E-state index in [0.29, 0.717) is 17.6 Å². The Morgan fingerprint density at radius 2 is 1.85 bits per heavy atom. The van der Waals surface area contributed by atoms with Crippen molar-refractivity contribution in [1.29, 1.82) is 0 Å². The molecule has 1 aromatic heterocycles. The molecular weight excluding hydrogens is 324 g/mol. The number of methoxy groups -OCH3 is 1. The third kappa shape index (κ3) is 3.54. The molecule has 20 heavy (non-hydrogen) atoms. The van der Waals surface area contributed by atoms with Crippen LogP contribution in [0.15, 0.2) is 45.9 Å². The predicted octanol–water partition coefficient (Wildman–Crippen LogP) is 2.28. The van der Waals surface area contributed by atoms with Crippen molar-refractivity contribution < 1.29 is 9.47 Å². The van der Waals surface area contributed by atoms with Gasteiger partial charge in [0.15, 0.2) is 0 Å². The van der Waals surface area contributed by atoms with Crippen LogP contribution in [-0.2, 0) is 6.54 Å². The highest BCUT2D eigenvalue weighted by Crippen LogP contribution is 2.17. The SMILES string of the molecule is COc1ccc(OCCn2cc(N)c(=O)c(Br)c2)cc1. The first-order valence-corrected chi connectivity index (χ1v) is 6.81. The fourth-order valence-corrected chi connectivity index (χ4v) is 2.18. The van der Waals surface area contributed by atoms with E-state index < -0.39 is 0 Å². The molecule has 2 N–H and O–H groups in total. The quantitative estimate of drug-likeness (QED) is 0.908. The average molecular weight is 339 g/mol. The zero-order chi connectivity index (χ0) is 14.5. The number of hydrogen-bond donors (Lipinski definition) is 1. The maximum Gasteiger partial charge on any atom is 0.218 e. The van der Waals surface area contributed by atoms with Gasteiger partial charge < -0.3 is 19.8 Å². The number of nitrogens with two attached hydrogens (primary N) is 1. The minimum atomic E-state index is -0.197. The Morgan fingerprint density at radius 1 is 1.20 bits per heavy atom. The summed E-state index contributed by atoms with van der Waals surface area (Å²) in [4.78, 5) is 11.4. The highest BCUT2D eigenvalue weighted by Gasteiger charge is 2.02. The normalized spacial score (nSPS) is 10.3. The van der Waals surface area contributed by atoms with Crippen LogP contribution in [0.25, 0.3) is 0 Å². The molecule has 0 aliphatic carbocycles. The summed E-state index contributed by atoms with van der Waals surface area (Å²) < 4.78 is 12.9. The summed E-state index contributed by atoms with van der Waals surface area (Å²) in [6, 6.07) is 7.36. The average Bonchev–Trinajstić information content (AvgIpc) is 2.45. The fraction of sp³-hybridized carbons (Fsp3) is 0.214. The Labute approximate surface area is 125 Å². The molecule has 0 bridgehead atoms. The van der Waals surface area contributed by atoms with E-state index >= 15 is 0 Å². The van der Waals surface area contributed by atoms with Gasteiger partial charge in [-0.2, -0.15) is 0 Å². The van der Waals surface area contributed by atoms with E-state index in [4.69, 9.17) is 15.2 Å². The van der Waals surface area contributed by atoms with Crippen molar-refractivity contribution in [2.45, 2.75) is 6.54 Å². The third-order valence-electron chi connectivity index (χ3n) is 2.74. The van der Waals surface area contributed by atoms with Crippen LogP contribution in [0.2, 0.25) is 0 Å². The summed E-state index contributed by atoms with van der Waals surface area (Å²) in [6.07, 6.45) is 3.29. The summed E-state index contributed by atoms with van der Waals surface area (Å²) in [6.45, 7) is 1.07. The van der Waals surface area contributed by atoms with Crippen LogP contribution in [0.3, 0.4) is 0 Å². The van der Waals surface area contributed by atoms with Gasteiger partial charge in [-0.25, -0.2) is 0 Å². The molecule has 6 heteroatoms. The summed E-state index contributed by atoms with van der Waals surface area (Å²) in [5, 5.41) is 0. The molecule has 0 aliphatic heterocycles. The van der Waals surface area contributed by atoms with Crippen LogP contribution in [0.4, 0.5) is 5.69 Å². The Kier molecular flexibility index (Phi) is 4.68. The first-order chi connectivity index (χ1) is 9.60. The van der Waals surface area contributed by atoms with Gasteiger partial charge in [0.1, 0.15) is 18.1 Å². The molecule has 0 amide bonds. The van der Waals surface area contributed by atoms with E-state index in [0.717, 1.165) is 11.5 Å². The highest BCUT2D eigenvalue weighted by molar-refractivity contribution is 9.10. The van der Waals surface area contributed by atoms with E-state index in [1.165, 1.54) is 0 Å². The summed E-state index contributed by atoms with van der Waals surface area (Å²) in [5.74, 6) is 1.55. The molecule has 0 aliphatic rings. The topological polar surface area (TPSA) is 66.5 Å². The van der Waals surface area contributed by atoms with Crippen LogP contribution in [0, 0.1) is 0 Å². The minimum Gasteiger partial charge on any atom is -0.497 e. The summed E-state index contributed by atoms with van der Waals surface area (Å²) >= 11 is 3.18. The summed E-state index contributed by atoms with van der Waals surface area (Å²) in [7, 11) is 1.62. The Morgan fingerprint density at radius 3 is 2.45 bits per heavy atom. The molecule has 2 aromatic rings. The number of anilines is 1. The first-order valence-electron chi connectivity index (χ1n) is 6.02. The number of rotatable bonds is 5. The number of aromatic nitrogens is 1. The number of ether oxygens (including phenoxy) is 2. The van der Waals surface area contributed by atoms with Gasteiger partial charge in [-0.3, -0.25) is 4.79 Å². The standard InChI is InChI=1S/C14H15BrN2O3/c1-19-10-2-4-11(5-3-10)20-7-6-17-8-12(15)14(18)13(16)9-17/h2-5,8-9H,6-7,16H2,1H3. The monoisotopic (exact) mass is 338 g/mol. The van der Waals surface area contributed by atoms with Crippen molar-refractivity contribution in [1.82, 2.24) is 4.57 Å². The molecule has 0 spiro atoms. The van der Waals surface area contributed by atoms with Crippen LogP contribution in [-0.4, -0.2) is 18.3 Å². The molecular formula is C14H15BrN2O3. The van der Waals surface area contributed by atoms with Gasteiger partial charge in [0.05, 0.1) is 23.8 Å². The summed E-state index contributed by atoms with van der Waals surface area (Å²) in [5.41, 5.74) is 5.63. The number of nitrogens with zero attached hydrogens (tertiary/aromatic N) is 1. The van der Waals surface area contributed by atoms with Gasteiger partial charge in [-0.1, -0.05) is 0 Å². The molecule has 0 saturated heterocycles. The van der Waals surface area contributed by atoms with E-state index in [-0.39, 0.29) is 11.1 Å². The number of pyridine rings is 1. The largest absolute Gasteiger partial charge is 0.497 e. The first kappa shape index (κ1) is 14.5.